The Kier molecular flexibility index (Phi) is 2.66. The number of anilines is 1. The molecule has 0 spiro atoms. The SMILES string of the molecule is COc1ccc(N2C(=O)C=C(Cl)C2=O)cc1. The summed E-state index contributed by atoms with van der Waals surface area (Å²) in [6.45, 7) is 0. The van der Waals surface area contributed by atoms with Gasteiger partial charge in [-0.2, -0.15) is 0 Å². The molecule has 0 saturated heterocycles. The summed E-state index contributed by atoms with van der Waals surface area (Å²) >= 11 is 5.59. The molecule has 1 aliphatic heterocycles. The summed E-state index contributed by atoms with van der Waals surface area (Å²) in [5.74, 6) is -0.279. The van der Waals surface area contributed by atoms with Gasteiger partial charge in [-0.3, -0.25) is 9.59 Å². The normalized spacial score (nSPS) is 15.4. The number of benzene rings is 1. The maximum absolute atomic E-state index is 11.5. The van der Waals surface area contributed by atoms with E-state index in [4.69, 9.17) is 16.3 Å². The van der Waals surface area contributed by atoms with Gasteiger partial charge in [0.15, 0.2) is 0 Å². The van der Waals surface area contributed by atoms with Gasteiger partial charge >= 0.3 is 0 Å². The van der Waals surface area contributed by atoms with Crippen molar-refractivity contribution >= 4 is 29.1 Å². The maximum Gasteiger partial charge on any atom is 0.277 e. The van der Waals surface area contributed by atoms with Crippen LogP contribution >= 0.6 is 11.6 Å². The van der Waals surface area contributed by atoms with Gasteiger partial charge in [-0.15, -0.1) is 0 Å². The van der Waals surface area contributed by atoms with Gasteiger partial charge < -0.3 is 4.74 Å². The van der Waals surface area contributed by atoms with Gasteiger partial charge in [-0.1, -0.05) is 11.6 Å². The van der Waals surface area contributed by atoms with Crippen molar-refractivity contribution < 1.29 is 14.3 Å². The van der Waals surface area contributed by atoms with E-state index in [2.05, 4.69) is 0 Å². The van der Waals surface area contributed by atoms with E-state index in [9.17, 15) is 9.59 Å². The van der Waals surface area contributed by atoms with Crippen LogP contribution in [0.25, 0.3) is 0 Å². The van der Waals surface area contributed by atoms with Crippen LogP contribution in [0.3, 0.4) is 0 Å². The van der Waals surface area contributed by atoms with E-state index in [0.717, 1.165) is 11.0 Å². The zero-order valence-electron chi connectivity index (χ0n) is 8.44. The molecule has 82 valence electrons. The predicted molar refractivity (Wildman–Crippen MR) is 59.4 cm³/mol. The minimum Gasteiger partial charge on any atom is -0.497 e. The predicted octanol–water partition coefficient (Wildman–Crippen LogP) is 1.69. The van der Waals surface area contributed by atoms with Gasteiger partial charge in [0.2, 0.25) is 0 Å². The van der Waals surface area contributed by atoms with E-state index in [1.807, 2.05) is 0 Å². The first-order chi connectivity index (χ1) is 7.63. The molecule has 1 aromatic carbocycles. The van der Waals surface area contributed by atoms with E-state index in [1.54, 1.807) is 31.4 Å². The number of carbonyl (C=O) groups is 2. The van der Waals surface area contributed by atoms with Crippen molar-refractivity contribution in [3.63, 3.8) is 0 Å². The lowest BCUT2D eigenvalue weighted by Crippen LogP contribution is -2.30. The topological polar surface area (TPSA) is 46.6 Å². The molecule has 0 aromatic heterocycles. The Labute approximate surface area is 97.1 Å². The summed E-state index contributed by atoms with van der Waals surface area (Å²) in [6, 6.07) is 6.58. The van der Waals surface area contributed by atoms with Crippen LogP contribution in [0.4, 0.5) is 5.69 Å². The number of methoxy groups -OCH3 is 1. The number of carbonyl (C=O) groups excluding carboxylic acids is 2. The van der Waals surface area contributed by atoms with Crippen LogP contribution < -0.4 is 9.64 Å². The minimum absolute atomic E-state index is 0.0687. The van der Waals surface area contributed by atoms with Gasteiger partial charge in [0.1, 0.15) is 10.8 Å². The van der Waals surface area contributed by atoms with Crippen LogP contribution in [0, 0.1) is 0 Å². The molecule has 16 heavy (non-hydrogen) atoms. The third-order valence-corrected chi connectivity index (χ3v) is 2.48. The first kappa shape index (κ1) is 10.7. The monoisotopic (exact) mass is 237 g/mol. The zero-order valence-corrected chi connectivity index (χ0v) is 9.19. The van der Waals surface area contributed by atoms with E-state index in [0.29, 0.717) is 11.4 Å². The van der Waals surface area contributed by atoms with Crippen molar-refractivity contribution in [2.75, 3.05) is 12.0 Å². The van der Waals surface area contributed by atoms with Crippen molar-refractivity contribution in [2.45, 2.75) is 0 Å². The summed E-state index contributed by atoms with van der Waals surface area (Å²) in [4.78, 5) is 24.0. The van der Waals surface area contributed by atoms with Gasteiger partial charge in [-0.05, 0) is 24.3 Å². The Morgan fingerprint density at radius 2 is 1.81 bits per heavy atom. The van der Waals surface area contributed by atoms with Crippen LogP contribution in [0.15, 0.2) is 35.4 Å². The molecule has 2 amide bonds. The maximum atomic E-state index is 11.5. The number of ether oxygens (including phenoxy) is 1. The molecule has 0 unspecified atom stereocenters. The Morgan fingerprint density at radius 3 is 2.25 bits per heavy atom. The third kappa shape index (κ3) is 1.67. The molecule has 0 aliphatic carbocycles. The first-order valence-corrected chi connectivity index (χ1v) is 4.91. The van der Waals surface area contributed by atoms with Crippen LogP contribution in [-0.4, -0.2) is 18.9 Å². The summed E-state index contributed by atoms with van der Waals surface area (Å²) in [5.41, 5.74) is 0.475. The van der Waals surface area contributed by atoms with E-state index < -0.39 is 11.8 Å². The van der Waals surface area contributed by atoms with Crippen LogP contribution in [0.2, 0.25) is 0 Å². The first-order valence-electron chi connectivity index (χ1n) is 4.53. The highest BCUT2D eigenvalue weighted by atomic mass is 35.5. The van der Waals surface area contributed by atoms with E-state index in [-0.39, 0.29) is 5.03 Å². The summed E-state index contributed by atoms with van der Waals surface area (Å²) in [6.07, 6.45) is 1.11. The molecule has 1 aliphatic rings. The lowest BCUT2D eigenvalue weighted by atomic mass is 10.3. The number of hydrogen-bond donors (Lipinski definition) is 0. The number of nitrogens with zero attached hydrogens (tertiary/aromatic N) is 1. The molecule has 0 fully saturated rings. The number of halogens is 1. The summed E-state index contributed by atoms with van der Waals surface area (Å²) in [5, 5.41) is -0.0687. The summed E-state index contributed by atoms with van der Waals surface area (Å²) in [7, 11) is 1.54. The molecule has 5 heteroatoms. The fourth-order valence-electron chi connectivity index (χ4n) is 1.42. The quantitative estimate of drug-likeness (QED) is 0.736. The molecule has 0 bridgehead atoms. The molecule has 0 saturated carbocycles. The Balaban J connectivity index is 2.32. The Morgan fingerprint density at radius 1 is 1.19 bits per heavy atom. The average Bonchev–Trinajstić information content (AvgIpc) is 2.54. The van der Waals surface area contributed by atoms with E-state index in [1.165, 1.54) is 0 Å². The second kappa shape index (κ2) is 3.98. The molecular weight excluding hydrogens is 230 g/mol. The van der Waals surface area contributed by atoms with Crippen LogP contribution in [0.5, 0.6) is 5.75 Å². The minimum atomic E-state index is -0.503. The highest BCUT2D eigenvalue weighted by molar-refractivity contribution is 6.51. The van der Waals surface area contributed by atoms with Crippen molar-refractivity contribution in [1.82, 2.24) is 0 Å². The van der Waals surface area contributed by atoms with Crippen molar-refractivity contribution in [1.29, 1.82) is 0 Å². The number of imide groups is 1. The fourth-order valence-corrected chi connectivity index (χ4v) is 1.60. The van der Waals surface area contributed by atoms with Gasteiger partial charge in [0.25, 0.3) is 11.8 Å². The van der Waals surface area contributed by atoms with Gasteiger partial charge in [-0.25, -0.2) is 4.90 Å². The van der Waals surface area contributed by atoms with Crippen molar-refractivity contribution in [3.05, 3.63) is 35.4 Å². The number of amides is 2. The zero-order chi connectivity index (χ0) is 11.7. The van der Waals surface area contributed by atoms with Crippen LogP contribution in [0.1, 0.15) is 0 Å². The molecule has 1 heterocycles. The lowest BCUT2D eigenvalue weighted by molar-refractivity contribution is -0.120. The third-order valence-electron chi connectivity index (χ3n) is 2.21. The lowest BCUT2D eigenvalue weighted by Gasteiger charge is -2.14. The average molecular weight is 238 g/mol. The molecule has 1 aromatic rings. The molecular formula is C11H8ClNO3. The highest BCUT2D eigenvalue weighted by Gasteiger charge is 2.31. The second-order valence-corrected chi connectivity index (χ2v) is 3.58. The summed E-state index contributed by atoms with van der Waals surface area (Å²) < 4.78 is 4.98. The standard InChI is InChI=1S/C11H8ClNO3/c1-16-8-4-2-7(3-5-8)13-10(14)6-9(12)11(13)15/h2-6H,1H3. The molecule has 0 atom stereocenters. The Bertz CT molecular complexity index is 479. The van der Waals surface area contributed by atoms with E-state index >= 15 is 0 Å². The van der Waals surface area contributed by atoms with Gasteiger partial charge in [0.05, 0.1) is 12.8 Å². The number of hydrogen-bond acceptors (Lipinski definition) is 3. The Hall–Kier alpha value is -1.81. The molecule has 0 N–H and O–H groups in total. The largest absolute Gasteiger partial charge is 0.497 e. The fraction of sp³-hybridized carbons (Fsp3) is 0.0909. The van der Waals surface area contributed by atoms with Crippen molar-refractivity contribution in [3.8, 4) is 5.75 Å². The molecule has 4 nitrogen and oxygen atoms in total. The molecule has 2 rings (SSSR count). The molecule has 0 radical (unpaired) electrons. The van der Waals surface area contributed by atoms with Gasteiger partial charge in [0, 0.05) is 6.08 Å². The number of rotatable bonds is 2. The van der Waals surface area contributed by atoms with Crippen molar-refractivity contribution in [2.24, 2.45) is 0 Å². The highest BCUT2D eigenvalue weighted by Crippen LogP contribution is 2.25. The second-order valence-electron chi connectivity index (χ2n) is 3.17. The smallest absolute Gasteiger partial charge is 0.277 e. The van der Waals surface area contributed by atoms with Crippen LogP contribution in [-0.2, 0) is 9.59 Å².